The van der Waals surface area contributed by atoms with E-state index < -0.39 is 12.0 Å². The van der Waals surface area contributed by atoms with Crippen LogP contribution in [0.5, 0.6) is 0 Å². The monoisotopic (exact) mass is 404 g/mol. The average Bonchev–Trinajstić information content (AvgIpc) is 3.15. The molecule has 1 unspecified atom stereocenters. The zero-order chi connectivity index (χ0) is 20.5. The van der Waals surface area contributed by atoms with Gasteiger partial charge in [-0.15, -0.1) is 11.3 Å². The van der Waals surface area contributed by atoms with Crippen molar-refractivity contribution in [1.29, 1.82) is 0 Å². The topological polar surface area (TPSA) is 61.2 Å². The summed E-state index contributed by atoms with van der Waals surface area (Å²) in [6.07, 6.45) is 0. The van der Waals surface area contributed by atoms with Gasteiger partial charge in [0.1, 0.15) is 10.7 Å². The third-order valence-corrected chi connectivity index (χ3v) is 5.85. The zero-order valence-electron chi connectivity index (χ0n) is 16.4. The molecule has 146 valence electrons. The maximum atomic E-state index is 13.6. The van der Waals surface area contributed by atoms with E-state index in [1.807, 2.05) is 66.9 Å². The molecule has 4 aromatic rings. The van der Waals surface area contributed by atoms with Crippen molar-refractivity contribution in [1.82, 2.24) is 9.55 Å². The minimum atomic E-state index is -0.892. The number of nitrogens with zero attached hydrogens (tertiary/aromatic N) is 2. The first-order valence-electron chi connectivity index (χ1n) is 9.21. The lowest BCUT2D eigenvalue weighted by atomic mass is 10.0. The van der Waals surface area contributed by atoms with E-state index in [2.05, 4.69) is 4.98 Å². The molecule has 0 N–H and O–H groups in total. The minimum absolute atomic E-state index is 0.247. The number of hydrogen-bond acceptors (Lipinski definition) is 5. The number of benzene rings is 2. The normalized spacial score (nSPS) is 12.1. The summed E-state index contributed by atoms with van der Waals surface area (Å²) < 4.78 is 6.47. The van der Waals surface area contributed by atoms with Crippen molar-refractivity contribution in [3.8, 4) is 11.1 Å². The average molecular weight is 404 g/mol. The van der Waals surface area contributed by atoms with E-state index in [1.54, 1.807) is 6.92 Å². The zero-order valence-corrected chi connectivity index (χ0v) is 17.2. The Morgan fingerprint density at radius 2 is 1.76 bits per heavy atom. The summed E-state index contributed by atoms with van der Waals surface area (Å²) in [5, 5.41) is 2.47. The molecule has 0 fully saturated rings. The first-order valence-corrected chi connectivity index (χ1v) is 10.1. The summed E-state index contributed by atoms with van der Waals surface area (Å²) >= 11 is 1.43. The van der Waals surface area contributed by atoms with Crippen molar-refractivity contribution in [2.45, 2.75) is 19.9 Å². The molecule has 5 nitrogen and oxygen atoms in total. The molecule has 0 amide bonds. The van der Waals surface area contributed by atoms with Gasteiger partial charge in [0.2, 0.25) is 0 Å². The Kier molecular flexibility index (Phi) is 5.03. The van der Waals surface area contributed by atoms with Crippen LogP contribution in [0.25, 0.3) is 21.3 Å². The van der Waals surface area contributed by atoms with E-state index in [1.165, 1.54) is 23.0 Å². The second-order valence-corrected chi connectivity index (χ2v) is 7.72. The fourth-order valence-electron chi connectivity index (χ4n) is 3.49. The highest BCUT2D eigenvalue weighted by Crippen LogP contribution is 2.32. The Morgan fingerprint density at radius 1 is 1.07 bits per heavy atom. The Labute approximate surface area is 172 Å². The number of hydrogen-bond donors (Lipinski definition) is 0. The number of carbonyl (C=O) groups excluding carboxylic acids is 1. The number of fused-ring (bicyclic) bond motifs is 1. The van der Waals surface area contributed by atoms with Crippen LogP contribution in [0.1, 0.15) is 23.0 Å². The van der Waals surface area contributed by atoms with Crippen molar-refractivity contribution < 1.29 is 9.53 Å². The summed E-state index contributed by atoms with van der Waals surface area (Å²) in [6, 6.07) is 16.3. The van der Waals surface area contributed by atoms with Gasteiger partial charge in [0.15, 0.2) is 6.04 Å². The highest BCUT2D eigenvalue weighted by molar-refractivity contribution is 7.17. The highest BCUT2D eigenvalue weighted by Gasteiger charge is 2.28. The molecule has 2 aromatic carbocycles. The molecule has 0 bridgehead atoms. The van der Waals surface area contributed by atoms with E-state index in [0.29, 0.717) is 21.6 Å². The van der Waals surface area contributed by atoms with E-state index in [-0.39, 0.29) is 5.56 Å². The van der Waals surface area contributed by atoms with Crippen LogP contribution < -0.4 is 5.56 Å². The molecule has 0 aliphatic heterocycles. The van der Waals surface area contributed by atoms with Crippen LogP contribution in [0.2, 0.25) is 0 Å². The fraction of sp³-hybridized carbons (Fsp3) is 0.174. The van der Waals surface area contributed by atoms with Gasteiger partial charge in [-0.2, -0.15) is 0 Å². The van der Waals surface area contributed by atoms with Crippen molar-refractivity contribution in [3.63, 3.8) is 0 Å². The number of rotatable bonds is 4. The molecule has 1 atom stereocenters. The van der Waals surface area contributed by atoms with Crippen LogP contribution in [0.3, 0.4) is 0 Å². The van der Waals surface area contributed by atoms with Gasteiger partial charge < -0.3 is 4.74 Å². The van der Waals surface area contributed by atoms with Gasteiger partial charge in [0.25, 0.3) is 5.56 Å². The molecule has 0 aliphatic carbocycles. The number of aromatic nitrogens is 2. The molecular weight excluding hydrogens is 384 g/mol. The molecule has 0 saturated carbocycles. The van der Waals surface area contributed by atoms with Crippen LogP contribution in [-0.4, -0.2) is 22.6 Å². The standard InChI is InChI=1S/C23H20N2O3S/c1-14-9-11-16(12-10-14)18-13-29-21-19(18)22(26)25(15(2)24-21)20(23(27)28-3)17-7-5-4-6-8-17/h4-13,20H,1-3H3. The van der Waals surface area contributed by atoms with Crippen LogP contribution in [0.4, 0.5) is 0 Å². The largest absolute Gasteiger partial charge is 0.467 e. The molecule has 29 heavy (non-hydrogen) atoms. The van der Waals surface area contributed by atoms with Crippen LogP contribution in [-0.2, 0) is 9.53 Å². The van der Waals surface area contributed by atoms with E-state index in [9.17, 15) is 9.59 Å². The molecule has 2 aromatic heterocycles. The maximum Gasteiger partial charge on any atom is 0.333 e. The minimum Gasteiger partial charge on any atom is -0.467 e. The lowest BCUT2D eigenvalue weighted by Crippen LogP contribution is -2.33. The van der Waals surface area contributed by atoms with Crippen molar-refractivity contribution in [2.75, 3.05) is 7.11 Å². The number of carbonyl (C=O) groups is 1. The third-order valence-electron chi connectivity index (χ3n) is 4.98. The Hall–Kier alpha value is -3.25. The second-order valence-electron chi connectivity index (χ2n) is 6.87. The lowest BCUT2D eigenvalue weighted by molar-refractivity contribution is -0.143. The third kappa shape index (κ3) is 3.36. The summed E-state index contributed by atoms with van der Waals surface area (Å²) in [6.45, 7) is 3.76. The lowest BCUT2D eigenvalue weighted by Gasteiger charge is -2.20. The number of aryl methyl sites for hydroxylation is 2. The molecule has 0 spiro atoms. The van der Waals surface area contributed by atoms with Gasteiger partial charge in [0.05, 0.1) is 12.5 Å². The molecule has 2 heterocycles. The van der Waals surface area contributed by atoms with E-state index >= 15 is 0 Å². The van der Waals surface area contributed by atoms with E-state index in [0.717, 1.165) is 16.7 Å². The summed E-state index contributed by atoms with van der Waals surface area (Å²) in [5.41, 5.74) is 3.36. The van der Waals surface area contributed by atoms with Gasteiger partial charge in [0, 0.05) is 10.9 Å². The fourth-order valence-corrected chi connectivity index (χ4v) is 4.48. The molecular formula is C23H20N2O3S. The smallest absolute Gasteiger partial charge is 0.333 e. The van der Waals surface area contributed by atoms with Crippen molar-refractivity contribution in [3.05, 3.63) is 87.3 Å². The quantitative estimate of drug-likeness (QED) is 0.470. The van der Waals surface area contributed by atoms with Gasteiger partial charge in [-0.05, 0) is 25.0 Å². The first-order chi connectivity index (χ1) is 14.0. The second kappa shape index (κ2) is 7.64. The van der Waals surface area contributed by atoms with Crippen molar-refractivity contribution >= 4 is 27.5 Å². The van der Waals surface area contributed by atoms with Gasteiger partial charge >= 0.3 is 5.97 Å². The molecule has 0 radical (unpaired) electrons. The van der Waals surface area contributed by atoms with Crippen LogP contribution in [0, 0.1) is 13.8 Å². The molecule has 0 saturated heterocycles. The summed E-state index contributed by atoms with van der Waals surface area (Å²) in [7, 11) is 1.33. The van der Waals surface area contributed by atoms with Crippen LogP contribution in [0.15, 0.2) is 64.8 Å². The van der Waals surface area contributed by atoms with E-state index in [4.69, 9.17) is 4.74 Å². The maximum absolute atomic E-state index is 13.6. The number of esters is 1. The van der Waals surface area contributed by atoms with Gasteiger partial charge in [-0.3, -0.25) is 9.36 Å². The predicted molar refractivity (Wildman–Crippen MR) is 115 cm³/mol. The first kappa shape index (κ1) is 19.1. The Morgan fingerprint density at radius 3 is 2.41 bits per heavy atom. The molecule has 4 rings (SSSR count). The number of ether oxygens (including phenoxy) is 1. The number of methoxy groups -OCH3 is 1. The van der Waals surface area contributed by atoms with Gasteiger partial charge in [-0.25, -0.2) is 9.78 Å². The highest BCUT2D eigenvalue weighted by atomic mass is 32.1. The Bertz CT molecular complexity index is 1240. The summed E-state index contributed by atoms with van der Waals surface area (Å²) in [5.74, 6) is -0.0336. The van der Waals surface area contributed by atoms with Gasteiger partial charge in [-0.1, -0.05) is 60.2 Å². The number of thiophene rings is 1. The Balaban J connectivity index is 1.99. The van der Waals surface area contributed by atoms with Crippen molar-refractivity contribution in [2.24, 2.45) is 0 Å². The molecule has 0 aliphatic rings. The predicted octanol–water partition coefficient (Wildman–Crippen LogP) is 4.50. The molecule has 6 heteroatoms. The summed E-state index contributed by atoms with van der Waals surface area (Å²) in [4.78, 5) is 31.6. The van der Waals surface area contributed by atoms with Crippen LogP contribution >= 0.6 is 11.3 Å². The SMILES string of the molecule is COC(=O)C(c1ccccc1)n1c(C)nc2scc(-c3ccc(C)cc3)c2c1=O.